The smallest absolute Gasteiger partial charge is 0.206 e. The van der Waals surface area contributed by atoms with Gasteiger partial charge in [0.25, 0.3) is 0 Å². The highest BCUT2D eigenvalue weighted by molar-refractivity contribution is 9.12. The van der Waals surface area contributed by atoms with E-state index in [1.54, 1.807) is 0 Å². The molecule has 27 heavy (non-hydrogen) atoms. The molecule has 0 amide bonds. The minimum absolute atomic E-state index is 0.133. The van der Waals surface area contributed by atoms with Crippen LogP contribution in [0.5, 0.6) is 11.5 Å². The van der Waals surface area contributed by atoms with Gasteiger partial charge in [0.1, 0.15) is 18.1 Å². The summed E-state index contributed by atoms with van der Waals surface area (Å²) >= 11 is 20.3. The first-order chi connectivity index (χ1) is 12.6. The molecule has 2 aromatic rings. The lowest BCUT2D eigenvalue weighted by Crippen LogP contribution is -2.13. The maximum absolute atomic E-state index is 13.1. The first-order valence-electron chi connectivity index (χ1n) is 7.21. The van der Waals surface area contributed by atoms with Crippen LogP contribution >= 0.6 is 95.6 Å². The van der Waals surface area contributed by atoms with E-state index >= 15 is 0 Å². The van der Waals surface area contributed by atoms with E-state index in [4.69, 9.17) is 9.47 Å². The summed E-state index contributed by atoms with van der Waals surface area (Å²) < 4.78 is 39.3. The molecule has 1 atom stereocenters. The van der Waals surface area contributed by atoms with Crippen LogP contribution < -0.4 is 9.47 Å². The van der Waals surface area contributed by atoms with Crippen LogP contribution in [0.4, 0.5) is 0 Å². The Kier molecular flexibility index (Phi) is 9.17. The first-order valence-corrected chi connectivity index (χ1v) is 13.9. The zero-order valence-electron chi connectivity index (χ0n) is 13.6. The first kappa shape index (κ1) is 24.1. The Morgan fingerprint density at radius 3 is 1.67 bits per heavy atom. The third-order valence-electron chi connectivity index (χ3n) is 3.34. The van der Waals surface area contributed by atoms with Crippen molar-refractivity contribution >= 4 is 105 Å². The molecule has 2 aromatic carbocycles. The minimum Gasteiger partial charge on any atom is -0.494 e. The van der Waals surface area contributed by atoms with Gasteiger partial charge in [-0.25, -0.2) is 8.42 Å². The SMILES string of the molecule is COc1c(Br)cc(S(=O)(=O)c2cc(Br)c(OC[C@@H](Br)CBr)c(Br)c2)cc1Br. The summed E-state index contributed by atoms with van der Waals surface area (Å²) in [6, 6.07) is 6.07. The number of halogens is 6. The Labute approximate surface area is 208 Å². The number of hydrogen-bond acceptors (Lipinski definition) is 4. The standard InChI is InChI=1S/C16H12Br6O4S/c1-25-15-11(19)2-9(3-12(15)20)27(23,24)10-4-13(21)16(14(22)5-10)26-7-8(18)6-17/h2-5,8H,6-7H2,1H3/t8-/m0/s1. The lowest BCUT2D eigenvalue weighted by Gasteiger charge is -2.15. The van der Waals surface area contributed by atoms with Crippen LogP contribution in [0.1, 0.15) is 0 Å². The minimum atomic E-state index is -3.75. The van der Waals surface area contributed by atoms with Crippen molar-refractivity contribution < 1.29 is 17.9 Å². The van der Waals surface area contributed by atoms with Gasteiger partial charge in [0.05, 0.1) is 39.6 Å². The van der Waals surface area contributed by atoms with E-state index in [9.17, 15) is 8.42 Å². The average molecular weight is 780 g/mol. The number of hydrogen-bond donors (Lipinski definition) is 0. The molecule has 11 heteroatoms. The molecule has 0 aliphatic carbocycles. The molecule has 0 heterocycles. The van der Waals surface area contributed by atoms with Crippen LogP contribution in [0.15, 0.2) is 51.9 Å². The number of alkyl halides is 2. The highest BCUT2D eigenvalue weighted by Crippen LogP contribution is 2.40. The second-order valence-electron chi connectivity index (χ2n) is 5.20. The molecule has 0 unspecified atom stereocenters. The molecule has 0 bridgehead atoms. The van der Waals surface area contributed by atoms with Gasteiger partial charge < -0.3 is 9.47 Å². The molecule has 0 aliphatic rings. The molecule has 2 rings (SSSR count). The molecular weight excluding hydrogens is 768 g/mol. The summed E-state index contributed by atoms with van der Waals surface area (Å²) in [5.41, 5.74) is 0. The molecule has 4 nitrogen and oxygen atoms in total. The number of sulfone groups is 1. The molecule has 0 spiro atoms. The van der Waals surface area contributed by atoms with Crippen molar-refractivity contribution in [3.63, 3.8) is 0 Å². The molecule has 0 aromatic heterocycles. The molecule has 0 saturated heterocycles. The van der Waals surface area contributed by atoms with Gasteiger partial charge in [-0.1, -0.05) is 31.9 Å². The fourth-order valence-corrected chi connectivity index (χ4v) is 7.29. The van der Waals surface area contributed by atoms with Crippen LogP contribution in [0.25, 0.3) is 0 Å². The highest BCUT2D eigenvalue weighted by atomic mass is 79.9. The lowest BCUT2D eigenvalue weighted by molar-refractivity contribution is 0.321. The zero-order chi connectivity index (χ0) is 20.4. The summed E-state index contributed by atoms with van der Waals surface area (Å²) in [5, 5.41) is 0.732. The second kappa shape index (κ2) is 10.3. The molecule has 0 aliphatic heterocycles. The highest BCUT2D eigenvalue weighted by Gasteiger charge is 2.24. The fraction of sp³-hybridized carbons (Fsp3) is 0.250. The normalized spacial score (nSPS) is 12.7. The summed E-state index contributed by atoms with van der Waals surface area (Å²) in [6.07, 6.45) is 0. The Morgan fingerprint density at radius 2 is 1.30 bits per heavy atom. The Bertz CT molecular complexity index is 902. The maximum atomic E-state index is 13.1. The van der Waals surface area contributed by atoms with Crippen molar-refractivity contribution in [3.8, 4) is 11.5 Å². The lowest BCUT2D eigenvalue weighted by atomic mass is 10.3. The number of ether oxygens (including phenoxy) is 2. The van der Waals surface area contributed by atoms with E-state index in [-0.39, 0.29) is 14.6 Å². The van der Waals surface area contributed by atoms with Gasteiger partial charge in [0, 0.05) is 5.33 Å². The summed E-state index contributed by atoms with van der Waals surface area (Å²) in [7, 11) is -2.24. The van der Waals surface area contributed by atoms with E-state index in [1.165, 1.54) is 31.4 Å². The van der Waals surface area contributed by atoms with Gasteiger partial charge in [0.2, 0.25) is 9.84 Å². The predicted molar refractivity (Wildman–Crippen MR) is 128 cm³/mol. The van der Waals surface area contributed by atoms with Crippen LogP contribution in [-0.4, -0.2) is 32.3 Å². The number of methoxy groups -OCH3 is 1. The van der Waals surface area contributed by atoms with Crippen molar-refractivity contribution in [2.45, 2.75) is 14.6 Å². The van der Waals surface area contributed by atoms with E-state index in [1.807, 2.05) is 0 Å². The van der Waals surface area contributed by atoms with Crippen molar-refractivity contribution in [1.29, 1.82) is 0 Å². The fourth-order valence-electron chi connectivity index (χ4n) is 2.07. The summed E-state index contributed by atoms with van der Waals surface area (Å²) in [5.74, 6) is 1.06. The van der Waals surface area contributed by atoms with Gasteiger partial charge in [-0.3, -0.25) is 0 Å². The van der Waals surface area contributed by atoms with Crippen LogP contribution in [0.3, 0.4) is 0 Å². The van der Waals surface area contributed by atoms with E-state index in [0.717, 1.165) is 5.33 Å². The van der Waals surface area contributed by atoms with Gasteiger partial charge in [-0.15, -0.1) is 0 Å². The average Bonchev–Trinajstić information content (AvgIpc) is 2.60. The van der Waals surface area contributed by atoms with Crippen molar-refractivity contribution in [2.75, 3.05) is 19.0 Å². The van der Waals surface area contributed by atoms with Gasteiger partial charge in [-0.05, 0) is 88.0 Å². The number of rotatable bonds is 7. The van der Waals surface area contributed by atoms with Crippen molar-refractivity contribution in [1.82, 2.24) is 0 Å². The third kappa shape index (κ3) is 5.73. The molecule has 0 saturated carbocycles. The van der Waals surface area contributed by atoms with Crippen molar-refractivity contribution in [3.05, 3.63) is 42.2 Å². The topological polar surface area (TPSA) is 52.6 Å². The maximum Gasteiger partial charge on any atom is 0.206 e. The molecule has 0 fully saturated rings. The molecule has 0 radical (unpaired) electrons. The van der Waals surface area contributed by atoms with Crippen molar-refractivity contribution in [2.24, 2.45) is 0 Å². The Balaban J connectivity index is 2.45. The monoisotopic (exact) mass is 774 g/mol. The summed E-state index contributed by atoms with van der Waals surface area (Å²) in [6.45, 7) is 0.424. The van der Waals surface area contributed by atoms with Gasteiger partial charge in [-0.2, -0.15) is 0 Å². The molecule has 0 N–H and O–H groups in total. The Morgan fingerprint density at radius 1 is 0.889 bits per heavy atom. The van der Waals surface area contributed by atoms with Crippen LogP contribution in [-0.2, 0) is 9.84 Å². The second-order valence-corrected chi connectivity index (χ2v) is 12.5. The van der Waals surface area contributed by atoms with Gasteiger partial charge >= 0.3 is 0 Å². The Hall–Kier alpha value is 0.870. The molecule has 148 valence electrons. The largest absolute Gasteiger partial charge is 0.494 e. The van der Waals surface area contributed by atoms with Crippen LogP contribution in [0, 0.1) is 0 Å². The number of benzene rings is 2. The third-order valence-corrected chi connectivity index (χ3v) is 9.65. The van der Waals surface area contributed by atoms with Gasteiger partial charge in [0.15, 0.2) is 0 Å². The van der Waals surface area contributed by atoms with E-state index in [0.29, 0.717) is 36.0 Å². The summed E-state index contributed by atoms with van der Waals surface area (Å²) in [4.78, 5) is 0.400. The predicted octanol–water partition coefficient (Wildman–Crippen LogP) is 7.12. The zero-order valence-corrected chi connectivity index (χ0v) is 23.9. The quantitative estimate of drug-likeness (QED) is 0.282. The molecular formula is C16H12Br6O4S. The van der Waals surface area contributed by atoms with E-state index in [2.05, 4.69) is 95.6 Å². The van der Waals surface area contributed by atoms with Crippen LogP contribution in [0.2, 0.25) is 0 Å². The van der Waals surface area contributed by atoms with E-state index < -0.39 is 9.84 Å².